The van der Waals surface area contributed by atoms with E-state index in [-0.39, 0.29) is 11.8 Å². The lowest BCUT2D eigenvalue weighted by Crippen LogP contribution is -2.41. The van der Waals surface area contributed by atoms with Crippen LogP contribution in [0.1, 0.15) is 41.5 Å². The summed E-state index contributed by atoms with van der Waals surface area (Å²) in [7, 11) is 0. The Bertz CT molecular complexity index is 921. The second-order valence-electron chi connectivity index (χ2n) is 7.27. The van der Waals surface area contributed by atoms with Gasteiger partial charge in [0.2, 0.25) is 5.91 Å². The molecule has 6 heteroatoms. The van der Waals surface area contributed by atoms with Gasteiger partial charge < -0.3 is 9.88 Å². The van der Waals surface area contributed by atoms with Crippen molar-refractivity contribution in [3.63, 3.8) is 0 Å². The number of fused-ring (bicyclic) bond motifs is 1. The number of rotatable bonds is 3. The van der Waals surface area contributed by atoms with Crippen LogP contribution in [-0.2, 0) is 11.3 Å². The van der Waals surface area contributed by atoms with Crippen LogP contribution >= 0.6 is 0 Å². The maximum absolute atomic E-state index is 12.8. The lowest BCUT2D eigenvalue weighted by atomic mass is 9.97. The van der Waals surface area contributed by atoms with Crippen molar-refractivity contribution in [3.8, 4) is 0 Å². The number of amides is 1. The average Bonchev–Trinajstić information content (AvgIpc) is 3.19. The minimum Gasteiger partial charge on any atom is -0.342 e. The number of hydrogen-bond donors (Lipinski definition) is 1. The quantitative estimate of drug-likeness (QED) is 0.788. The molecule has 1 amide bonds. The topological polar surface area (TPSA) is 66.8 Å². The Kier molecular flexibility index (Phi) is 4.26. The van der Waals surface area contributed by atoms with E-state index in [4.69, 9.17) is 4.98 Å². The zero-order valence-electron chi connectivity index (χ0n) is 15.6. The van der Waals surface area contributed by atoms with E-state index >= 15 is 0 Å². The summed E-state index contributed by atoms with van der Waals surface area (Å²) in [6.07, 6.45) is 2.06. The van der Waals surface area contributed by atoms with Crippen LogP contribution in [0.2, 0.25) is 0 Å². The van der Waals surface area contributed by atoms with Gasteiger partial charge in [0, 0.05) is 24.7 Å². The second-order valence-corrected chi connectivity index (χ2v) is 7.27. The fraction of sp³-hybridized carbons (Fsp3) is 0.450. The monoisotopic (exact) mass is 351 g/mol. The van der Waals surface area contributed by atoms with Gasteiger partial charge in [-0.1, -0.05) is 12.1 Å². The summed E-state index contributed by atoms with van der Waals surface area (Å²) in [6.45, 7) is 7.91. The minimum atomic E-state index is 0.136. The van der Waals surface area contributed by atoms with Crippen LogP contribution < -0.4 is 0 Å². The fourth-order valence-corrected chi connectivity index (χ4v) is 3.76. The Morgan fingerprint density at radius 3 is 2.81 bits per heavy atom. The van der Waals surface area contributed by atoms with Crippen LogP contribution in [0.3, 0.4) is 0 Å². The van der Waals surface area contributed by atoms with Crippen molar-refractivity contribution >= 4 is 16.9 Å². The van der Waals surface area contributed by atoms with Gasteiger partial charge >= 0.3 is 0 Å². The third-order valence-corrected chi connectivity index (χ3v) is 5.60. The van der Waals surface area contributed by atoms with E-state index in [2.05, 4.69) is 17.0 Å². The van der Waals surface area contributed by atoms with E-state index in [9.17, 15) is 4.79 Å². The van der Waals surface area contributed by atoms with Crippen molar-refractivity contribution in [2.24, 2.45) is 0 Å². The molecule has 1 aliphatic heterocycles. The third kappa shape index (κ3) is 3.00. The van der Waals surface area contributed by atoms with Gasteiger partial charge in [0.25, 0.3) is 0 Å². The summed E-state index contributed by atoms with van der Waals surface area (Å²) in [6, 6.07) is 8.08. The van der Waals surface area contributed by atoms with Crippen LogP contribution in [-0.4, -0.2) is 43.6 Å². The largest absolute Gasteiger partial charge is 0.342 e. The minimum absolute atomic E-state index is 0.136. The molecule has 0 radical (unpaired) electrons. The molecule has 3 aromatic rings. The van der Waals surface area contributed by atoms with Crippen LogP contribution in [0.15, 0.2) is 24.3 Å². The molecule has 1 aliphatic rings. The first-order chi connectivity index (χ1) is 12.5. The molecule has 1 unspecified atom stereocenters. The SMILES string of the molecule is Cc1nn(CC(=O)N2CCCC(c3nc4ccccc4[nH]3)C2)c(C)c1C. The smallest absolute Gasteiger partial charge is 0.244 e. The van der Waals surface area contributed by atoms with E-state index in [1.165, 1.54) is 0 Å². The van der Waals surface area contributed by atoms with Gasteiger partial charge in [-0.25, -0.2) is 4.98 Å². The molecule has 136 valence electrons. The molecule has 0 saturated carbocycles. The number of benzene rings is 1. The van der Waals surface area contributed by atoms with E-state index in [1.54, 1.807) is 0 Å². The highest BCUT2D eigenvalue weighted by Crippen LogP contribution is 2.27. The number of imidazole rings is 1. The molecule has 1 fully saturated rings. The van der Waals surface area contributed by atoms with Crippen LogP contribution in [0.4, 0.5) is 0 Å². The van der Waals surface area contributed by atoms with Gasteiger partial charge in [-0.15, -0.1) is 0 Å². The number of hydrogen-bond acceptors (Lipinski definition) is 3. The number of piperidine rings is 1. The van der Waals surface area contributed by atoms with Crippen molar-refractivity contribution in [3.05, 3.63) is 47.0 Å². The van der Waals surface area contributed by atoms with Gasteiger partial charge in [-0.3, -0.25) is 9.48 Å². The normalized spacial score (nSPS) is 17.8. The number of aryl methyl sites for hydroxylation is 1. The Hall–Kier alpha value is -2.63. The molecule has 3 heterocycles. The number of H-pyrrole nitrogens is 1. The van der Waals surface area contributed by atoms with Crippen molar-refractivity contribution in [1.82, 2.24) is 24.6 Å². The van der Waals surface area contributed by atoms with Crippen LogP contribution in [0, 0.1) is 20.8 Å². The lowest BCUT2D eigenvalue weighted by Gasteiger charge is -2.32. The number of aromatic nitrogens is 4. The summed E-state index contributed by atoms with van der Waals surface area (Å²) in [5.41, 5.74) is 5.28. The molecule has 26 heavy (non-hydrogen) atoms. The van der Waals surface area contributed by atoms with Gasteiger partial charge in [-0.05, 0) is 51.3 Å². The first-order valence-electron chi connectivity index (χ1n) is 9.26. The Morgan fingerprint density at radius 1 is 1.27 bits per heavy atom. The van der Waals surface area contributed by atoms with Gasteiger partial charge in [-0.2, -0.15) is 5.10 Å². The first kappa shape index (κ1) is 16.8. The van der Waals surface area contributed by atoms with Gasteiger partial charge in [0.05, 0.1) is 16.7 Å². The van der Waals surface area contributed by atoms with Gasteiger partial charge in [0.15, 0.2) is 0 Å². The third-order valence-electron chi connectivity index (χ3n) is 5.60. The van der Waals surface area contributed by atoms with Crippen LogP contribution in [0.5, 0.6) is 0 Å². The predicted molar refractivity (Wildman–Crippen MR) is 101 cm³/mol. The Morgan fingerprint density at radius 2 is 2.08 bits per heavy atom. The lowest BCUT2D eigenvalue weighted by molar-refractivity contribution is -0.133. The van der Waals surface area contributed by atoms with Gasteiger partial charge in [0.1, 0.15) is 12.4 Å². The van der Waals surface area contributed by atoms with E-state index in [1.807, 2.05) is 47.7 Å². The molecule has 4 rings (SSSR count). The zero-order valence-corrected chi connectivity index (χ0v) is 15.6. The summed E-state index contributed by atoms with van der Waals surface area (Å²) >= 11 is 0. The standard InChI is InChI=1S/C20H25N5O/c1-13-14(2)23-25(15(13)3)12-19(26)24-10-6-7-16(11-24)20-21-17-8-4-5-9-18(17)22-20/h4-5,8-9,16H,6-7,10-12H2,1-3H3,(H,21,22). The Balaban J connectivity index is 1.49. The molecule has 1 atom stereocenters. The predicted octanol–water partition coefficient (Wildman–Crippen LogP) is 3.09. The Labute approximate surface area is 153 Å². The first-order valence-corrected chi connectivity index (χ1v) is 9.26. The van der Waals surface area contributed by atoms with Crippen molar-refractivity contribution in [2.45, 2.75) is 46.1 Å². The highest BCUT2D eigenvalue weighted by Gasteiger charge is 2.27. The fourth-order valence-electron chi connectivity index (χ4n) is 3.76. The number of aromatic amines is 1. The molecule has 0 spiro atoms. The highest BCUT2D eigenvalue weighted by molar-refractivity contribution is 5.77. The number of nitrogens with one attached hydrogen (secondary N) is 1. The summed E-state index contributed by atoms with van der Waals surface area (Å²) in [4.78, 5) is 22.9. The van der Waals surface area contributed by atoms with Crippen molar-refractivity contribution in [1.29, 1.82) is 0 Å². The molecular weight excluding hydrogens is 326 g/mol. The second kappa shape index (κ2) is 6.59. The molecule has 0 aliphatic carbocycles. The maximum Gasteiger partial charge on any atom is 0.244 e. The number of nitrogens with zero attached hydrogens (tertiary/aromatic N) is 4. The van der Waals surface area contributed by atoms with E-state index in [0.29, 0.717) is 6.54 Å². The number of likely N-dealkylation sites (tertiary alicyclic amines) is 1. The van der Waals surface area contributed by atoms with Crippen molar-refractivity contribution in [2.75, 3.05) is 13.1 Å². The van der Waals surface area contributed by atoms with Crippen LogP contribution in [0.25, 0.3) is 11.0 Å². The van der Waals surface area contributed by atoms with Crippen molar-refractivity contribution < 1.29 is 4.79 Å². The molecule has 1 saturated heterocycles. The molecular formula is C20H25N5O. The molecule has 2 aromatic heterocycles. The number of carbonyl (C=O) groups is 1. The molecule has 1 aromatic carbocycles. The summed E-state index contributed by atoms with van der Waals surface area (Å²) in [5.74, 6) is 1.39. The number of carbonyl (C=O) groups excluding carboxylic acids is 1. The maximum atomic E-state index is 12.8. The average molecular weight is 351 g/mol. The van der Waals surface area contributed by atoms with E-state index < -0.39 is 0 Å². The summed E-state index contributed by atoms with van der Waals surface area (Å²) in [5, 5.41) is 4.50. The molecule has 6 nitrogen and oxygen atoms in total. The van der Waals surface area contributed by atoms with E-state index in [0.717, 1.165) is 59.7 Å². The highest BCUT2D eigenvalue weighted by atomic mass is 16.2. The molecule has 1 N–H and O–H groups in total. The molecule has 0 bridgehead atoms. The summed E-state index contributed by atoms with van der Waals surface area (Å²) < 4.78 is 1.83. The zero-order chi connectivity index (χ0) is 18.3. The number of para-hydroxylation sites is 2.